The Morgan fingerprint density at radius 3 is 3.11 bits per heavy atom. The van der Waals surface area contributed by atoms with Gasteiger partial charge < -0.3 is 10.6 Å². The average molecular weight is 262 g/mol. The van der Waals surface area contributed by atoms with E-state index in [-0.39, 0.29) is 6.03 Å². The van der Waals surface area contributed by atoms with Gasteiger partial charge >= 0.3 is 6.03 Å². The van der Waals surface area contributed by atoms with Gasteiger partial charge in [-0.05, 0) is 38.1 Å². The lowest BCUT2D eigenvalue weighted by Crippen LogP contribution is -2.43. The van der Waals surface area contributed by atoms with Crippen LogP contribution in [0.2, 0.25) is 0 Å². The highest BCUT2D eigenvalue weighted by atomic mass is 16.2. The number of hydrogen-bond acceptors (Lipinski definition) is 3. The van der Waals surface area contributed by atoms with E-state index in [0.29, 0.717) is 12.6 Å². The molecule has 5 nitrogen and oxygen atoms in total. The van der Waals surface area contributed by atoms with E-state index in [1.54, 1.807) is 6.20 Å². The van der Waals surface area contributed by atoms with Crippen LogP contribution in [0.1, 0.15) is 25.5 Å². The van der Waals surface area contributed by atoms with E-state index < -0.39 is 0 Å². The Balaban J connectivity index is 1.67. The minimum absolute atomic E-state index is 0.117. The van der Waals surface area contributed by atoms with Gasteiger partial charge in [-0.15, -0.1) is 0 Å². The number of nitrogens with one attached hydrogen (secondary N) is 2. The minimum Gasteiger partial charge on any atom is -0.337 e. The molecule has 1 aliphatic heterocycles. The van der Waals surface area contributed by atoms with Crippen LogP contribution in [0, 0.1) is 0 Å². The maximum absolute atomic E-state index is 11.7. The summed E-state index contributed by atoms with van der Waals surface area (Å²) in [7, 11) is 0. The first kappa shape index (κ1) is 13.8. The van der Waals surface area contributed by atoms with Crippen LogP contribution >= 0.6 is 0 Å². The molecule has 104 valence electrons. The molecule has 0 aliphatic carbocycles. The van der Waals surface area contributed by atoms with Gasteiger partial charge in [0.15, 0.2) is 0 Å². The van der Waals surface area contributed by atoms with Crippen molar-refractivity contribution in [1.82, 2.24) is 20.5 Å². The van der Waals surface area contributed by atoms with Crippen LogP contribution in [-0.2, 0) is 6.54 Å². The first-order valence-electron chi connectivity index (χ1n) is 6.95. The summed E-state index contributed by atoms with van der Waals surface area (Å²) in [6, 6.07) is 6.05. The summed E-state index contributed by atoms with van der Waals surface area (Å²) >= 11 is 0. The molecule has 0 radical (unpaired) electrons. The Hall–Kier alpha value is -1.62. The molecule has 0 saturated carbocycles. The number of carbonyl (C=O) groups is 1. The molecule has 2 amide bonds. The largest absolute Gasteiger partial charge is 0.337 e. The first-order chi connectivity index (χ1) is 9.29. The van der Waals surface area contributed by atoms with Gasteiger partial charge in [-0.2, -0.15) is 0 Å². The van der Waals surface area contributed by atoms with Gasteiger partial charge in [-0.25, -0.2) is 4.79 Å². The standard InChI is InChI=1S/C14H22N4O/c1-2-18-9-5-7-13(18)11-17-14(19)16-10-12-6-3-4-8-15-12/h3-4,6,8,13H,2,5,7,9-11H2,1H3,(H2,16,17,19). The van der Waals surface area contributed by atoms with E-state index in [0.717, 1.165) is 25.3 Å². The quantitative estimate of drug-likeness (QED) is 0.842. The van der Waals surface area contributed by atoms with Gasteiger partial charge in [0.2, 0.25) is 0 Å². The highest BCUT2D eigenvalue weighted by Crippen LogP contribution is 2.15. The molecule has 2 N–H and O–H groups in total. The Labute approximate surface area is 114 Å². The van der Waals surface area contributed by atoms with Crippen molar-refractivity contribution in [3.63, 3.8) is 0 Å². The summed E-state index contributed by atoms with van der Waals surface area (Å²) in [5, 5.41) is 5.76. The van der Waals surface area contributed by atoms with Crippen LogP contribution < -0.4 is 10.6 Å². The maximum Gasteiger partial charge on any atom is 0.315 e. The van der Waals surface area contributed by atoms with Crippen molar-refractivity contribution in [3.8, 4) is 0 Å². The molecule has 1 fully saturated rings. The number of carbonyl (C=O) groups excluding carboxylic acids is 1. The van der Waals surface area contributed by atoms with Gasteiger partial charge in [0, 0.05) is 18.8 Å². The summed E-state index contributed by atoms with van der Waals surface area (Å²) in [6.45, 7) is 5.57. The lowest BCUT2D eigenvalue weighted by molar-refractivity contribution is 0.228. The van der Waals surface area contributed by atoms with Gasteiger partial charge in [-0.3, -0.25) is 9.88 Å². The van der Waals surface area contributed by atoms with Crippen LogP contribution in [0.25, 0.3) is 0 Å². The fraction of sp³-hybridized carbons (Fsp3) is 0.571. The monoisotopic (exact) mass is 262 g/mol. The normalized spacial score (nSPS) is 19.3. The highest BCUT2D eigenvalue weighted by molar-refractivity contribution is 5.73. The Morgan fingerprint density at radius 2 is 2.37 bits per heavy atom. The predicted octanol–water partition coefficient (Wildman–Crippen LogP) is 1.37. The molecule has 0 bridgehead atoms. The van der Waals surface area contributed by atoms with E-state index in [9.17, 15) is 4.79 Å². The van der Waals surface area contributed by atoms with Crippen molar-refractivity contribution in [1.29, 1.82) is 0 Å². The van der Waals surface area contributed by atoms with Gasteiger partial charge in [-0.1, -0.05) is 13.0 Å². The van der Waals surface area contributed by atoms with Crippen molar-refractivity contribution in [2.75, 3.05) is 19.6 Å². The minimum atomic E-state index is -0.117. The van der Waals surface area contributed by atoms with Crippen LogP contribution in [-0.4, -0.2) is 41.6 Å². The number of aromatic nitrogens is 1. The molecule has 1 unspecified atom stereocenters. The van der Waals surface area contributed by atoms with Crippen LogP contribution in [0.15, 0.2) is 24.4 Å². The van der Waals surface area contributed by atoms with E-state index in [4.69, 9.17) is 0 Å². The molecular weight excluding hydrogens is 240 g/mol. The van der Waals surface area contributed by atoms with Gasteiger partial charge in [0.1, 0.15) is 0 Å². The second kappa shape index (κ2) is 7.09. The third-order valence-corrected chi connectivity index (χ3v) is 3.56. The Morgan fingerprint density at radius 1 is 1.47 bits per heavy atom. The number of likely N-dealkylation sites (N-methyl/N-ethyl adjacent to an activating group) is 1. The number of urea groups is 1. The number of pyridine rings is 1. The average Bonchev–Trinajstić information content (AvgIpc) is 2.91. The zero-order valence-corrected chi connectivity index (χ0v) is 11.4. The zero-order valence-electron chi connectivity index (χ0n) is 11.4. The summed E-state index contributed by atoms with van der Waals surface area (Å²) in [5.41, 5.74) is 0.869. The van der Waals surface area contributed by atoms with Crippen molar-refractivity contribution >= 4 is 6.03 Å². The molecule has 1 aliphatic rings. The number of rotatable bonds is 5. The zero-order chi connectivity index (χ0) is 13.5. The summed E-state index contributed by atoms with van der Waals surface area (Å²) in [5.74, 6) is 0. The van der Waals surface area contributed by atoms with E-state index in [2.05, 4.69) is 27.4 Å². The smallest absolute Gasteiger partial charge is 0.315 e. The molecule has 1 saturated heterocycles. The molecule has 19 heavy (non-hydrogen) atoms. The lowest BCUT2D eigenvalue weighted by atomic mass is 10.2. The number of hydrogen-bond donors (Lipinski definition) is 2. The SMILES string of the molecule is CCN1CCCC1CNC(=O)NCc1ccccn1. The third kappa shape index (κ3) is 4.21. The van der Waals surface area contributed by atoms with Crippen molar-refractivity contribution < 1.29 is 4.79 Å². The summed E-state index contributed by atoms with van der Waals surface area (Å²) in [4.78, 5) is 18.3. The van der Waals surface area contributed by atoms with E-state index in [1.165, 1.54) is 12.8 Å². The summed E-state index contributed by atoms with van der Waals surface area (Å²) in [6.07, 6.45) is 4.14. The molecule has 1 aromatic rings. The van der Waals surface area contributed by atoms with E-state index >= 15 is 0 Å². The fourth-order valence-corrected chi connectivity index (χ4v) is 2.49. The predicted molar refractivity (Wildman–Crippen MR) is 74.7 cm³/mol. The molecular formula is C14H22N4O. The van der Waals surface area contributed by atoms with Crippen molar-refractivity contribution in [3.05, 3.63) is 30.1 Å². The highest BCUT2D eigenvalue weighted by Gasteiger charge is 2.22. The van der Waals surface area contributed by atoms with Crippen molar-refractivity contribution in [2.45, 2.75) is 32.4 Å². The topological polar surface area (TPSA) is 57.3 Å². The summed E-state index contributed by atoms with van der Waals surface area (Å²) < 4.78 is 0. The van der Waals surface area contributed by atoms with E-state index in [1.807, 2.05) is 18.2 Å². The van der Waals surface area contributed by atoms with Crippen LogP contribution in [0.3, 0.4) is 0 Å². The number of amides is 2. The second-order valence-electron chi connectivity index (χ2n) is 4.81. The van der Waals surface area contributed by atoms with Gasteiger partial charge in [0.25, 0.3) is 0 Å². The van der Waals surface area contributed by atoms with Gasteiger partial charge in [0.05, 0.1) is 12.2 Å². The first-order valence-corrected chi connectivity index (χ1v) is 6.95. The lowest BCUT2D eigenvalue weighted by Gasteiger charge is -2.22. The molecule has 0 aromatic carbocycles. The fourth-order valence-electron chi connectivity index (χ4n) is 2.49. The Kier molecular flexibility index (Phi) is 5.15. The second-order valence-corrected chi connectivity index (χ2v) is 4.81. The van der Waals surface area contributed by atoms with Crippen LogP contribution in [0.4, 0.5) is 4.79 Å². The number of likely N-dealkylation sites (tertiary alicyclic amines) is 1. The molecule has 5 heteroatoms. The van der Waals surface area contributed by atoms with Crippen LogP contribution in [0.5, 0.6) is 0 Å². The number of nitrogens with zero attached hydrogens (tertiary/aromatic N) is 2. The molecule has 2 heterocycles. The molecule has 1 atom stereocenters. The van der Waals surface area contributed by atoms with Crippen molar-refractivity contribution in [2.24, 2.45) is 0 Å². The molecule has 2 rings (SSSR count). The third-order valence-electron chi connectivity index (χ3n) is 3.56. The maximum atomic E-state index is 11.7. The Bertz CT molecular complexity index is 396. The molecule has 1 aromatic heterocycles. The molecule has 0 spiro atoms.